The van der Waals surface area contributed by atoms with Crippen LogP contribution >= 0.6 is 11.8 Å². The standard InChI is InChI=1S/C19H23NO2S/c1-7-9-10-11-17(5)23-19(8-2)13-12-15(3)16(4)14-20-22-18(6)21/h7-14H,1,3-4H2,2,5-6H3/b10-9-,13-12-,17-11+,19-8+,20-14+. The van der Waals surface area contributed by atoms with Gasteiger partial charge in [-0.05, 0) is 36.0 Å². The van der Waals surface area contributed by atoms with E-state index in [4.69, 9.17) is 0 Å². The fourth-order valence-corrected chi connectivity index (χ4v) is 1.99. The predicted molar refractivity (Wildman–Crippen MR) is 102 cm³/mol. The Labute approximate surface area is 143 Å². The van der Waals surface area contributed by atoms with E-state index in [0.717, 1.165) is 9.81 Å². The number of oxime groups is 1. The van der Waals surface area contributed by atoms with Crippen molar-refractivity contribution in [1.29, 1.82) is 0 Å². The van der Waals surface area contributed by atoms with Crippen LogP contribution in [0.2, 0.25) is 0 Å². The second-order valence-electron chi connectivity index (χ2n) is 4.39. The minimum Gasteiger partial charge on any atom is -0.319 e. The molecule has 4 heteroatoms. The lowest BCUT2D eigenvalue weighted by Gasteiger charge is -2.02. The molecule has 0 saturated carbocycles. The van der Waals surface area contributed by atoms with Gasteiger partial charge in [0, 0.05) is 11.8 Å². The van der Waals surface area contributed by atoms with Crippen LogP contribution in [0.3, 0.4) is 0 Å². The van der Waals surface area contributed by atoms with Crippen LogP contribution in [0.1, 0.15) is 20.8 Å². The molecule has 122 valence electrons. The Kier molecular flexibility index (Phi) is 11.0. The summed E-state index contributed by atoms with van der Waals surface area (Å²) in [5.41, 5.74) is 1.26. The molecule has 0 aliphatic rings. The smallest absolute Gasteiger partial charge is 0.319 e. The van der Waals surface area contributed by atoms with Crippen LogP contribution in [0.25, 0.3) is 0 Å². The Bertz CT molecular complexity index is 605. The molecule has 0 radical (unpaired) electrons. The predicted octanol–water partition coefficient (Wildman–Crippen LogP) is 5.49. The van der Waals surface area contributed by atoms with Crippen LogP contribution in [0.15, 0.2) is 88.4 Å². The number of nitrogens with zero attached hydrogens (tertiary/aromatic N) is 1. The number of carbonyl (C=O) groups excluding carboxylic acids is 1. The van der Waals surface area contributed by atoms with Crippen LogP contribution in [0.5, 0.6) is 0 Å². The van der Waals surface area contributed by atoms with E-state index in [-0.39, 0.29) is 0 Å². The molecule has 0 aromatic carbocycles. The molecular weight excluding hydrogens is 306 g/mol. The van der Waals surface area contributed by atoms with Crippen LogP contribution in [-0.4, -0.2) is 12.2 Å². The van der Waals surface area contributed by atoms with Crippen molar-refractivity contribution < 1.29 is 9.63 Å². The number of rotatable bonds is 9. The largest absolute Gasteiger partial charge is 0.331 e. The van der Waals surface area contributed by atoms with Crippen molar-refractivity contribution in [1.82, 2.24) is 0 Å². The average Bonchev–Trinajstić information content (AvgIpc) is 2.50. The summed E-state index contributed by atoms with van der Waals surface area (Å²) in [5.74, 6) is -0.476. The van der Waals surface area contributed by atoms with Crippen molar-refractivity contribution in [2.24, 2.45) is 5.16 Å². The van der Waals surface area contributed by atoms with Crippen molar-refractivity contribution in [3.8, 4) is 0 Å². The van der Waals surface area contributed by atoms with Gasteiger partial charge in [0.1, 0.15) is 0 Å². The molecule has 0 N–H and O–H groups in total. The van der Waals surface area contributed by atoms with Crippen molar-refractivity contribution in [2.75, 3.05) is 0 Å². The second-order valence-corrected chi connectivity index (χ2v) is 5.71. The van der Waals surface area contributed by atoms with Gasteiger partial charge in [0.25, 0.3) is 0 Å². The van der Waals surface area contributed by atoms with Crippen LogP contribution < -0.4 is 0 Å². The molecule has 0 atom stereocenters. The number of carbonyl (C=O) groups is 1. The topological polar surface area (TPSA) is 38.7 Å². The van der Waals surface area contributed by atoms with Crippen molar-refractivity contribution in [2.45, 2.75) is 20.8 Å². The summed E-state index contributed by atoms with van der Waals surface area (Å²) >= 11 is 1.65. The van der Waals surface area contributed by atoms with E-state index in [1.807, 2.05) is 50.3 Å². The highest BCUT2D eigenvalue weighted by Crippen LogP contribution is 2.26. The lowest BCUT2D eigenvalue weighted by atomic mass is 10.1. The molecule has 0 spiro atoms. The Morgan fingerprint density at radius 2 is 1.83 bits per heavy atom. The Morgan fingerprint density at radius 1 is 1.13 bits per heavy atom. The maximum atomic E-state index is 10.6. The summed E-state index contributed by atoms with van der Waals surface area (Å²) in [6.45, 7) is 16.6. The minimum atomic E-state index is -0.476. The second kappa shape index (κ2) is 12.2. The van der Waals surface area contributed by atoms with Crippen molar-refractivity contribution in [3.05, 3.63) is 83.2 Å². The maximum absolute atomic E-state index is 10.6. The van der Waals surface area contributed by atoms with E-state index in [2.05, 4.69) is 29.7 Å². The van der Waals surface area contributed by atoms with Gasteiger partial charge in [0.15, 0.2) is 0 Å². The number of hydrogen-bond donors (Lipinski definition) is 0. The number of hydrogen-bond acceptors (Lipinski definition) is 4. The van der Waals surface area contributed by atoms with Gasteiger partial charge < -0.3 is 4.84 Å². The fourth-order valence-electron chi connectivity index (χ4n) is 1.22. The van der Waals surface area contributed by atoms with Gasteiger partial charge in [-0.1, -0.05) is 73.1 Å². The molecule has 0 heterocycles. The first-order valence-corrected chi connectivity index (χ1v) is 7.79. The zero-order chi connectivity index (χ0) is 17.7. The number of thioether (sulfide) groups is 1. The first-order valence-electron chi connectivity index (χ1n) is 6.98. The highest BCUT2D eigenvalue weighted by molar-refractivity contribution is 8.06. The zero-order valence-electron chi connectivity index (χ0n) is 13.9. The third kappa shape index (κ3) is 11.0. The summed E-state index contributed by atoms with van der Waals surface area (Å²) in [6.07, 6.45) is 14.7. The molecule has 0 amide bonds. The first-order chi connectivity index (χ1) is 10.9. The van der Waals surface area contributed by atoms with Gasteiger partial charge >= 0.3 is 5.97 Å². The van der Waals surface area contributed by atoms with Gasteiger partial charge in [-0.25, -0.2) is 4.79 Å². The lowest BCUT2D eigenvalue weighted by Crippen LogP contribution is -1.92. The Balaban J connectivity index is 4.68. The molecule has 23 heavy (non-hydrogen) atoms. The van der Waals surface area contributed by atoms with Gasteiger partial charge in [-0.3, -0.25) is 0 Å². The highest BCUT2D eigenvalue weighted by Gasteiger charge is 1.97. The van der Waals surface area contributed by atoms with Crippen LogP contribution in [0, 0.1) is 0 Å². The van der Waals surface area contributed by atoms with E-state index in [1.165, 1.54) is 13.1 Å². The third-order valence-corrected chi connectivity index (χ3v) is 3.46. The van der Waals surface area contributed by atoms with E-state index < -0.39 is 5.97 Å². The molecule has 3 nitrogen and oxygen atoms in total. The van der Waals surface area contributed by atoms with Crippen LogP contribution in [0.4, 0.5) is 0 Å². The molecule has 0 rings (SSSR count). The van der Waals surface area contributed by atoms with E-state index in [1.54, 1.807) is 17.8 Å². The van der Waals surface area contributed by atoms with Gasteiger partial charge in [0.2, 0.25) is 0 Å². The van der Waals surface area contributed by atoms with E-state index in [0.29, 0.717) is 11.1 Å². The molecule has 0 aliphatic carbocycles. The SMILES string of the molecule is C=C/C=C\C=C(/C)SC(/C=C\C(=C)C(=C)/C=N/OC(C)=O)=C/C. The van der Waals surface area contributed by atoms with Gasteiger partial charge in [-0.15, -0.1) is 0 Å². The third-order valence-electron chi connectivity index (χ3n) is 2.39. The molecule has 0 aromatic rings. The van der Waals surface area contributed by atoms with Gasteiger partial charge in [-0.2, -0.15) is 0 Å². The summed E-state index contributed by atoms with van der Waals surface area (Å²) in [6, 6.07) is 0. The Hall–Kier alpha value is -2.33. The quantitative estimate of drug-likeness (QED) is 0.243. The monoisotopic (exact) mass is 329 g/mol. The highest BCUT2D eigenvalue weighted by atomic mass is 32.2. The van der Waals surface area contributed by atoms with Crippen LogP contribution in [-0.2, 0) is 9.63 Å². The maximum Gasteiger partial charge on any atom is 0.331 e. The summed E-state index contributed by atoms with van der Waals surface area (Å²) < 4.78 is 0. The molecule has 0 aromatic heterocycles. The minimum absolute atomic E-state index is 0.476. The van der Waals surface area contributed by atoms with Gasteiger partial charge in [0.05, 0.1) is 6.21 Å². The summed E-state index contributed by atoms with van der Waals surface area (Å²) in [5, 5.41) is 3.52. The molecule has 0 bridgehead atoms. The van der Waals surface area contributed by atoms with E-state index in [9.17, 15) is 4.79 Å². The molecule has 0 fully saturated rings. The summed E-state index contributed by atoms with van der Waals surface area (Å²) in [4.78, 5) is 17.3. The average molecular weight is 329 g/mol. The fraction of sp³-hybridized carbons (Fsp3) is 0.158. The van der Waals surface area contributed by atoms with E-state index >= 15 is 0 Å². The zero-order valence-corrected chi connectivity index (χ0v) is 14.7. The molecule has 0 aliphatic heterocycles. The Morgan fingerprint density at radius 3 is 2.39 bits per heavy atom. The molecule has 0 saturated heterocycles. The molecular formula is C19H23NO2S. The number of allylic oxidation sites excluding steroid dienone is 10. The first kappa shape index (κ1) is 20.7. The summed E-state index contributed by atoms with van der Waals surface area (Å²) in [7, 11) is 0. The normalized spacial score (nSPS) is 13.0. The lowest BCUT2D eigenvalue weighted by molar-refractivity contribution is -0.140. The van der Waals surface area contributed by atoms with Crippen molar-refractivity contribution in [3.63, 3.8) is 0 Å². The molecule has 0 unspecified atom stereocenters. The van der Waals surface area contributed by atoms with Crippen molar-refractivity contribution >= 4 is 23.9 Å².